The van der Waals surface area contributed by atoms with Gasteiger partial charge in [-0.2, -0.15) is 0 Å². The van der Waals surface area contributed by atoms with Crippen molar-refractivity contribution in [1.29, 1.82) is 0 Å². The first-order valence-electron chi connectivity index (χ1n) is 10.8. The number of hydrogen-bond donors (Lipinski definition) is 0. The largest absolute Gasteiger partial charge is 0.335 e. The molecule has 30 heavy (non-hydrogen) atoms. The molecule has 154 valence electrons. The van der Waals surface area contributed by atoms with Gasteiger partial charge in [-0.15, -0.1) is 0 Å². The topological polar surface area (TPSA) is 70.6 Å². The van der Waals surface area contributed by atoms with E-state index in [1.54, 1.807) is 42.7 Å². The van der Waals surface area contributed by atoms with Gasteiger partial charge in [-0.25, -0.2) is 0 Å². The second kappa shape index (κ2) is 7.67. The van der Waals surface area contributed by atoms with Crippen molar-refractivity contribution in [2.45, 2.75) is 51.1 Å². The number of piperidine rings is 1. The van der Waals surface area contributed by atoms with Crippen molar-refractivity contribution in [3.63, 3.8) is 0 Å². The van der Waals surface area contributed by atoms with Gasteiger partial charge in [0.2, 0.25) is 0 Å². The molecule has 6 heteroatoms. The van der Waals surface area contributed by atoms with Crippen LogP contribution in [0.15, 0.2) is 42.7 Å². The third-order valence-corrected chi connectivity index (χ3v) is 6.81. The van der Waals surface area contributed by atoms with Crippen LogP contribution in [0.2, 0.25) is 0 Å². The average Bonchev–Trinajstić information content (AvgIpc) is 3.03. The van der Waals surface area contributed by atoms with Gasteiger partial charge in [-0.3, -0.25) is 24.3 Å². The Morgan fingerprint density at radius 1 is 0.933 bits per heavy atom. The number of benzene rings is 1. The molecular formula is C24H25N3O3. The Labute approximate surface area is 175 Å². The average molecular weight is 403 g/mol. The smallest absolute Gasteiger partial charge is 0.261 e. The number of imide groups is 1. The maximum Gasteiger partial charge on any atom is 0.261 e. The maximum atomic E-state index is 13.3. The molecule has 2 aromatic rings. The summed E-state index contributed by atoms with van der Waals surface area (Å²) in [5.74, 6) is -0.0565. The van der Waals surface area contributed by atoms with Gasteiger partial charge in [0, 0.05) is 30.5 Å². The Kier molecular flexibility index (Phi) is 4.85. The Bertz CT molecular complexity index is 1000. The fraction of sp³-hybridized carbons (Fsp3) is 0.417. The van der Waals surface area contributed by atoms with Crippen LogP contribution in [0.25, 0.3) is 0 Å². The number of likely N-dealkylation sites (tertiary alicyclic amines) is 1. The molecule has 1 aromatic carbocycles. The summed E-state index contributed by atoms with van der Waals surface area (Å²) in [5.41, 5.74) is 2.05. The molecule has 0 bridgehead atoms. The van der Waals surface area contributed by atoms with Crippen LogP contribution in [-0.2, 0) is 6.54 Å². The lowest BCUT2D eigenvalue weighted by molar-refractivity contribution is 0.0390. The van der Waals surface area contributed by atoms with E-state index in [9.17, 15) is 14.4 Å². The number of rotatable bonds is 3. The van der Waals surface area contributed by atoms with Crippen LogP contribution in [-0.4, -0.2) is 45.1 Å². The van der Waals surface area contributed by atoms with Crippen LogP contribution in [0.1, 0.15) is 75.2 Å². The zero-order valence-electron chi connectivity index (χ0n) is 16.9. The first kappa shape index (κ1) is 19.0. The van der Waals surface area contributed by atoms with Crippen LogP contribution in [0.4, 0.5) is 0 Å². The molecule has 0 unspecified atom stereocenters. The van der Waals surface area contributed by atoms with E-state index in [0.717, 1.165) is 24.9 Å². The molecule has 0 radical (unpaired) electrons. The fourth-order valence-corrected chi connectivity index (χ4v) is 5.28. The standard InChI is InChI=1S/C24H25N3O3/c28-22(26-13-3-5-17-4-1-2-6-21(17)26)18-7-8-19-20(14-18)24(30)27(23(19)29)15-16-9-11-25-12-10-16/h7-12,14,17,21H,1-6,13,15H2/t17-,21-/m1/s1. The monoisotopic (exact) mass is 403 g/mol. The van der Waals surface area contributed by atoms with Crippen molar-refractivity contribution in [1.82, 2.24) is 14.8 Å². The summed E-state index contributed by atoms with van der Waals surface area (Å²) in [7, 11) is 0. The van der Waals surface area contributed by atoms with E-state index >= 15 is 0 Å². The number of carbonyl (C=O) groups is 3. The molecule has 5 rings (SSSR count). The molecule has 0 N–H and O–H groups in total. The van der Waals surface area contributed by atoms with Gasteiger partial charge in [0.05, 0.1) is 17.7 Å². The van der Waals surface area contributed by atoms with Gasteiger partial charge in [-0.1, -0.05) is 12.8 Å². The number of aromatic nitrogens is 1. The minimum absolute atomic E-state index is 0.0118. The van der Waals surface area contributed by atoms with Crippen molar-refractivity contribution in [2.75, 3.05) is 6.54 Å². The zero-order valence-corrected chi connectivity index (χ0v) is 16.9. The van der Waals surface area contributed by atoms with Crippen LogP contribution in [0.3, 0.4) is 0 Å². The first-order valence-corrected chi connectivity index (χ1v) is 10.8. The summed E-state index contributed by atoms with van der Waals surface area (Å²) in [6.07, 6.45) is 10.2. The van der Waals surface area contributed by atoms with Gasteiger partial charge in [0.25, 0.3) is 17.7 Å². The quantitative estimate of drug-likeness (QED) is 0.733. The highest BCUT2D eigenvalue weighted by Crippen LogP contribution is 2.36. The normalized spacial score (nSPS) is 23.3. The predicted octanol–water partition coefficient (Wildman–Crippen LogP) is 3.67. The minimum atomic E-state index is -0.337. The van der Waals surface area contributed by atoms with Crippen molar-refractivity contribution in [3.05, 3.63) is 65.0 Å². The first-order chi connectivity index (χ1) is 14.6. The van der Waals surface area contributed by atoms with E-state index in [0.29, 0.717) is 28.7 Å². The second-order valence-corrected chi connectivity index (χ2v) is 8.56. The molecule has 1 saturated carbocycles. The van der Waals surface area contributed by atoms with Gasteiger partial charge < -0.3 is 4.90 Å². The summed E-state index contributed by atoms with van der Waals surface area (Å²) in [6, 6.07) is 8.85. The maximum absolute atomic E-state index is 13.3. The van der Waals surface area contributed by atoms with Crippen LogP contribution in [0, 0.1) is 5.92 Å². The highest BCUT2D eigenvalue weighted by molar-refractivity contribution is 6.22. The lowest BCUT2D eigenvalue weighted by Crippen LogP contribution is -2.49. The minimum Gasteiger partial charge on any atom is -0.335 e. The Hall–Kier alpha value is -3.02. The van der Waals surface area contributed by atoms with Crippen LogP contribution in [0.5, 0.6) is 0 Å². The number of amides is 3. The second-order valence-electron chi connectivity index (χ2n) is 8.56. The number of nitrogens with zero attached hydrogens (tertiary/aromatic N) is 3. The zero-order chi connectivity index (χ0) is 20.7. The molecule has 2 aliphatic heterocycles. The SMILES string of the molecule is O=C1c2ccc(C(=O)N3CCC[C@H]4CCCC[C@H]43)cc2C(=O)N1Cc1ccncc1. The summed E-state index contributed by atoms with van der Waals surface area (Å²) < 4.78 is 0. The summed E-state index contributed by atoms with van der Waals surface area (Å²) in [5, 5.41) is 0. The molecule has 2 fully saturated rings. The number of fused-ring (bicyclic) bond motifs is 2. The molecule has 1 aromatic heterocycles. The van der Waals surface area contributed by atoms with E-state index in [1.807, 2.05) is 4.90 Å². The van der Waals surface area contributed by atoms with Crippen molar-refractivity contribution >= 4 is 17.7 Å². The van der Waals surface area contributed by atoms with Crippen molar-refractivity contribution < 1.29 is 14.4 Å². The number of pyridine rings is 1. The summed E-state index contributed by atoms with van der Waals surface area (Å²) in [4.78, 5) is 46.3. The van der Waals surface area contributed by atoms with Crippen LogP contribution >= 0.6 is 0 Å². The fourth-order valence-electron chi connectivity index (χ4n) is 5.28. The number of hydrogen-bond acceptors (Lipinski definition) is 4. The van der Waals surface area contributed by atoms with E-state index in [1.165, 1.54) is 30.6 Å². The number of carbonyl (C=O) groups excluding carboxylic acids is 3. The van der Waals surface area contributed by atoms with Gasteiger partial charge in [0.15, 0.2) is 0 Å². The van der Waals surface area contributed by atoms with E-state index in [4.69, 9.17) is 0 Å². The predicted molar refractivity (Wildman–Crippen MR) is 111 cm³/mol. The lowest BCUT2D eigenvalue weighted by atomic mass is 9.78. The van der Waals surface area contributed by atoms with E-state index in [2.05, 4.69) is 4.98 Å². The highest BCUT2D eigenvalue weighted by atomic mass is 16.2. The third kappa shape index (κ3) is 3.20. The van der Waals surface area contributed by atoms with Crippen molar-refractivity contribution in [3.8, 4) is 0 Å². The molecule has 1 saturated heterocycles. The molecule has 3 heterocycles. The highest BCUT2D eigenvalue weighted by Gasteiger charge is 2.38. The summed E-state index contributed by atoms with van der Waals surface area (Å²) >= 11 is 0. The molecule has 2 atom stereocenters. The molecule has 3 aliphatic rings. The van der Waals surface area contributed by atoms with E-state index in [-0.39, 0.29) is 24.3 Å². The Morgan fingerprint density at radius 2 is 1.67 bits per heavy atom. The van der Waals surface area contributed by atoms with Crippen molar-refractivity contribution in [2.24, 2.45) is 5.92 Å². The lowest BCUT2D eigenvalue weighted by Gasteiger charge is -2.44. The Morgan fingerprint density at radius 3 is 2.50 bits per heavy atom. The molecule has 1 aliphatic carbocycles. The van der Waals surface area contributed by atoms with Gasteiger partial charge >= 0.3 is 0 Å². The van der Waals surface area contributed by atoms with Gasteiger partial charge in [0.1, 0.15) is 0 Å². The van der Waals surface area contributed by atoms with E-state index < -0.39 is 0 Å². The third-order valence-electron chi connectivity index (χ3n) is 6.81. The molecule has 3 amide bonds. The molecule has 0 spiro atoms. The molecule has 6 nitrogen and oxygen atoms in total. The summed E-state index contributed by atoms with van der Waals surface area (Å²) in [6.45, 7) is 0.978. The molecular weight excluding hydrogens is 378 g/mol. The van der Waals surface area contributed by atoms with Gasteiger partial charge in [-0.05, 0) is 67.5 Å². The Balaban J connectivity index is 1.39. The van der Waals surface area contributed by atoms with Crippen LogP contribution < -0.4 is 0 Å².